The fourth-order valence-electron chi connectivity index (χ4n) is 3.92. The van der Waals surface area contributed by atoms with Crippen LogP contribution in [-0.4, -0.2) is 56.2 Å². The van der Waals surface area contributed by atoms with Gasteiger partial charge in [-0.2, -0.15) is 0 Å². The zero-order chi connectivity index (χ0) is 22.0. The van der Waals surface area contributed by atoms with Crippen molar-refractivity contribution in [1.82, 2.24) is 9.88 Å². The van der Waals surface area contributed by atoms with Crippen LogP contribution in [0.1, 0.15) is 21.5 Å². The van der Waals surface area contributed by atoms with Crippen molar-refractivity contribution in [3.63, 3.8) is 0 Å². The highest BCUT2D eigenvalue weighted by Gasteiger charge is 2.18. The molecule has 7 nitrogen and oxygen atoms in total. The first kappa shape index (κ1) is 20.9. The zero-order valence-electron chi connectivity index (χ0n) is 18.2. The van der Waals surface area contributed by atoms with Gasteiger partial charge in [0, 0.05) is 55.2 Å². The molecule has 7 heteroatoms. The van der Waals surface area contributed by atoms with Gasteiger partial charge in [0.05, 0.1) is 12.7 Å². The van der Waals surface area contributed by atoms with Gasteiger partial charge in [-0.25, -0.2) is 4.79 Å². The number of hydrogen-bond acceptors (Lipinski definition) is 6. The second-order valence-electron chi connectivity index (χ2n) is 8.08. The van der Waals surface area contributed by atoms with Gasteiger partial charge in [-0.1, -0.05) is 11.6 Å². The van der Waals surface area contributed by atoms with E-state index < -0.39 is 5.97 Å². The van der Waals surface area contributed by atoms with Gasteiger partial charge in [0.25, 0.3) is 5.56 Å². The molecule has 162 valence electrons. The number of carbonyl (C=O) groups is 1. The number of benzene rings is 2. The monoisotopic (exact) mass is 420 g/mol. The van der Waals surface area contributed by atoms with Crippen LogP contribution in [-0.2, 0) is 11.3 Å². The van der Waals surface area contributed by atoms with E-state index in [1.807, 2.05) is 49.4 Å². The minimum Gasteiger partial charge on any atom is -0.465 e. The van der Waals surface area contributed by atoms with E-state index in [1.54, 1.807) is 0 Å². The number of likely N-dealkylation sites (N-methyl/N-ethyl adjacent to an activating group) is 1. The molecule has 1 aromatic heterocycles. The lowest BCUT2D eigenvalue weighted by molar-refractivity contribution is 0.0602. The molecule has 0 radical (unpaired) electrons. The van der Waals surface area contributed by atoms with E-state index >= 15 is 0 Å². The van der Waals surface area contributed by atoms with E-state index in [1.165, 1.54) is 7.11 Å². The number of nitrogens with zero attached hydrogens (tertiary/aromatic N) is 2. The number of piperazine rings is 1. The first-order valence-electron chi connectivity index (χ1n) is 10.5. The Balaban J connectivity index is 1.59. The number of methoxy groups -OCH3 is 1. The molecule has 4 rings (SSSR count). The van der Waals surface area contributed by atoms with Crippen LogP contribution in [0.2, 0.25) is 0 Å². The number of hydrogen-bond donors (Lipinski definition) is 2. The number of pyridine rings is 1. The fraction of sp³-hybridized carbons (Fsp3) is 0.333. The maximum absolute atomic E-state index is 12.5. The van der Waals surface area contributed by atoms with Gasteiger partial charge in [0.1, 0.15) is 0 Å². The number of esters is 1. The highest BCUT2D eigenvalue weighted by atomic mass is 16.5. The third-order valence-electron chi connectivity index (χ3n) is 5.82. The number of aromatic nitrogens is 1. The third-order valence-corrected chi connectivity index (χ3v) is 5.82. The molecule has 0 saturated carbocycles. The van der Waals surface area contributed by atoms with Crippen LogP contribution in [0.25, 0.3) is 10.9 Å². The van der Waals surface area contributed by atoms with Crippen LogP contribution in [0, 0.1) is 6.92 Å². The van der Waals surface area contributed by atoms with E-state index in [2.05, 4.69) is 27.1 Å². The van der Waals surface area contributed by atoms with E-state index in [0.29, 0.717) is 23.4 Å². The molecule has 0 spiro atoms. The Hall–Kier alpha value is -3.32. The fourth-order valence-corrected chi connectivity index (χ4v) is 3.92. The lowest BCUT2D eigenvalue weighted by atomic mass is 10.1. The van der Waals surface area contributed by atoms with E-state index in [4.69, 9.17) is 4.74 Å². The predicted octanol–water partition coefficient (Wildman–Crippen LogP) is 2.99. The zero-order valence-corrected chi connectivity index (χ0v) is 18.2. The van der Waals surface area contributed by atoms with Crippen molar-refractivity contribution in [2.45, 2.75) is 13.5 Å². The highest BCUT2D eigenvalue weighted by Crippen LogP contribution is 2.25. The van der Waals surface area contributed by atoms with Crippen LogP contribution in [0.15, 0.2) is 47.3 Å². The molecule has 1 saturated heterocycles. The smallest absolute Gasteiger partial charge is 0.340 e. The van der Waals surface area contributed by atoms with Crippen LogP contribution in [0.5, 0.6) is 0 Å². The summed E-state index contributed by atoms with van der Waals surface area (Å²) in [5.74, 6) is -0.401. The largest absolute Gasteiger partial charge is 0.465 e. The second-order valence-corrected chi connectivity index (χ2v) is 8.08. The average molecular weight is 421 g/mol. The Labute approximate surface area is 181 Å². The quantitative estimate of drug-likeness (QED) is 0.618. The van der Waals surface area contributed by atoms with Gasteiger partial charge in [-0.3, -0.25) is 4.79 Å². The van der Waals surface area contributed by atoms with Gasteiger partial charge in [0.2, 0.25) is 0 Å². The molecular formula is C24H28N4O3. The molecule has 2 N–H and O–H groups in total. The molecule has 0 atom stereocenters. The summed E-state index contributed by atoms with van der Waals surface area (Å²) < 4.78 is 5.01. The second kappa shape index (κ2) is 8.81. The van der Waals surface area contributed by atoms with Crippen molar-refractivity contribution in [1.29, 1.82) is 0 Å². The summed E-state index contributed by atoms with van der Waals surface area (Å²) in [5.41, 5.74) is 4.52. The highest BCUT2D eigenvalue weighted by molar-refractivity contribution is 5.97. The first-order valence-corrected chi connectivity index (χ1v) is 10.5. The number of fused-ring (bicyclic) bond motifs is 1. The summed E-state index contributed by atoms with van der Waals surface area (Å²) in [6.45, 7) is 6.12. The van der Waals surface area contributed by atoms with Crippen LogP contribution < -0.4 is 15.8 Å². The Bertz CT molecular complexity index is 1160. The number of nitrogens with one attached hydrogen (secondary N) is 2. The van der Waals surface area contributed by atoms with E-state index in [9.17, 15) is 9.59 Å². The predicted molar refractivity (Wildman–Crippen MR) is 124 cm³/mol. The van der Waals surface area contributed by atoms with Crippen LogP contribution in [0.4, 0.5) is 11.4 Å². The van der Waals surface area contributed by atoms with Gasteiger partial charge >= 0.3 is 5.97 Å². The molecule has 31 heavy (non-hydrogen) atoms. The molecule has 1 aliphatic heterocycles. The van der Waals surface area contributed by atoms with E-state index in [0.717, 1.165) is 48.3 Å². The Morgan fingerprint density at radius 3 is 2.61 bits per heavy atom. The van der Waals surface area contributed by atoms with Crippen LogP contribution in [0.3, 0.4) is 0 Å². The standard InChI is InChI=1S/C24H28N4O3/c1-16-4-6-21-17(12-16)13-18(23(29)26-21)15-25-22-7-5-19(14-20(22)24(30)31-3)28-10-8-27(2)9-11-28/h4-7,12-14,25H,8-11,15H2,1-3H3,(H,26,29). The number of rotatable bonds is 5. The van der Waals surface area contributed by atoms with Crippen molar-refractivity contribution in [2.24, 2.45) is 0 Å². The summed E-state index contributed by atoms with van der Waals surface area (Å²) in [6, 6.07) is 13.6. The molecule has 2 aromatic carbocycles. The minimum absolute atomic E-state index is 0.141. The minimum atomic E-state index is -0.401. The molecule has 1 fully saturated rings. The van der Waals surface area contributed by atoms with Gasteiger partial charge in [-0.05, 0) is 55.8 Å². The number of H-pyrrole nitrogens is 1. The Morgan fingerprint density at radius 1 is 1.10 bits per heavy atom. The summed E-state index contributed by atoms with van der Waals surface area (Å²) in [5, 5.41) is 4.24. The third kappa shape index (κ3) is 4.56. The SMILES string of the molecule is COC(=O)c1cc(N2CCN(C)CC2)ccc1NCc1cc2cc(C)ccc2[nH]c1=O. The number of aryl methyl sites for hydroxylation is 1. The van der Waals surface area contributed by atoms with Crippen molar-refractivity contribution in [3.05, 3.63) is 69.5 Å². The van der Waals surface area contributed by atoms with Crippen LogP contribution >= 0.6 is 0 Å². The van der Waals surface area contributed by atoms with Crippen molar-refractivity contribution in [3.8, 4) is 0 Å². The van der Waals surface area contributed by atoms with Crippen molar-refractivity contribution in [2.75, 3.05) is 50.6 Å². The molecule has 0 aliphatic carbocycles. The van der Waals surface area contributed by atoms with Crippen molar-refractivity contribution < 1.29 is 9.53 Å². The number of anilines is 2. The lowest BCUT2D eigenvalue weighted by Gasteiger charge is -2.34. The summed E-state index contributed by atoms with van der Waals surface area (Å²) in [4.78, 5) is 32.4. The molecule has 0 bridgehead atoms. The molecular weight excluding hydrogens is 392 g/mol. The van der Waals surface area contributed by atoms with Gasteiger partial charge in [0.15, 0.2) is 0 Å². The number of aromatic amines is 1. The lowest BCUT2D eigenvalue weighted by Crippen LogP contribution is -2.44. The number of carbonyl (C=O) groups excluding carboxylic acids is 1. The summed E-state index contributed by atoms with van der Waals surface area (Å²) >= 11 is 0. The van der Waals surface area contributed by atoms with Gasteiger partial charge in [-0.15, -0.1) is 0 Å². The van der Waals surface area contributed by atoms with E-state index in [-0.39, 0.29) is 5.56 Å². The maximum atomic E-state index is 12.5. The van der Waals surface area contributed by atoms with Gasteiger partial charge < -0.3 is 24.8 Å². The normalized spacial score (nSPS) is 14.6. The maximum Gasteiger partial charge on any atom is 0.340 e. The van der Waals surface area contributed by atoms with Crippen molar-refractivity contribution >= 4 is 28.2 Å². The molecule has 0 unspecified atom stereocenters. The number of ether oxygens (including phenoxy) is 1. The first-order chi connectivity index (χ1) is 14.9. The molecule has 0 amide bonds. The molecule has 1 aliphatic rings. The molecule has 2 heterocycles. The average Bonchev–Trinajstić information content (AvgIpc) is 2.78. The summed E-state index contributed by atoms with van der Waals surface area (Å²) in [7, 11) is 3.49. The topological polar surface area (TPSA) is 77.7 Å². The summed E-state index contributed by atoms with van der Waals surface area (Å²) in [6.07, 6.45) is 0. The Morgan fingerprint density at radius 2 is 1.87 bits per heavy atom. The Kier molecular flexibility index (Phi) is 5.95. The molecule has 3 aromatic rings.